The van der Waals surface area contributed by atoms with Crippen LogP contribution in [0.25, 0.3) is 10.9 Å². The van der Waals surface area contributed by atoms with Gasteiger partial charge in [-0.15, -0.1) is 0 Å². The Kier molecular flexibility index (Phi) is 6.62. The van der Waals surface area contributed by atoms with Crippen LogP contribution in [0.4, 0.5) is 0 Å². The van der Waals surface area contributed by atoms with Gasteiger partial charge in [0.2, 0.25) is 11.8 Å². The van der Waals surface area contributed by atoms with E-state index in [1.54, 1.807) is 7.11 Å². The van der Waals surface area contributed by atoms with Crippen LogP contribution >= 0.6 is 0 Å². The lowest BCUT2D eigenvalue weighted by molar-refractivity contribution is -0.129. The predicted molar refractivity (Wildman–Crippen MR) is 89.1 cm³/mol. The van der Waals surface area contributed by atoms with Gasteiger partial charge in [0.25, 0.3) is 0 Å². The molecule has 1 aromatic carbocycles. The quantitative estimate of drug-likeness (QED) is 0.482. The van der Waals surface area contributed by atoms with Gasteiger partial charge in [0.1, 0.15) is 6.42 Å². The Bertz CT molecular complexity index is 651. The zero-order chi connectivity index (χ0) is 16.5. The van der Waals surface area contributed by atoms with Crippen LogP contribution in [-0.4, -0.2) is 43.6 Å². The number of ether oxygens (including phenoxy) is 1. The van der Waals surface area contributed by atoms with E-state index in [2.05, 4.69) is 21.7 Å². The van der Waals surface area contributed by atoms with E-state index >= 15 is 0 Å². The van der Waals surface area contributed by atoms with Crippen LogP contribution in [0.5, 0.6) is 0 Å². The Morgan fingerprint density at radius 2 is 1.87 bits per heavy atom. The summed E-state index contributed by atoms with van der Waals surface area (Å²) in [7, 11) is 1.61. The second-order valence-corrected chi connectivity index (χ2v) is 5.33. The molecule has 0 aliphatic heterocycles. The van der Waals surface area contributed by atoms with Gasteiger partial charge in [-0.25, -0.2) is 0 Å². The number of amides is 2. The molecule has 3 N–H and O–H groups in total. The van der Waals surface area contributed by atoms with E-state index in [0.717, 1.165) is 29.3 Å². The maximum atomic E-state index is 11.7. The summed E-state index contributed by atoms with van der Waals surface area (Å²) in [5, 5.41) is 6.64. The van der Waals surface area contributed by atoms with Gasteiger partial charge in [-0.2, -0.15) is 0 Å². The average Bonchev–Trinajstić information content (AvgIpc) is 2.95. The molecule has 2 rings (SSSR count). The molecular weight excluding hydrogens is 294 g/mol. The number of hydrogen-bond acceptors (Lipinski definition) is 3. The van der Waals surface area contributed by atoms with Crippen molar-refractivity contribution in [3.05, 3.63) is 36.0 Å². The van der Waals surface area contributed by atoms with E-state index in [1.165, 1.54) is 0 Å². The molecular formula is C17H23N3O3. The number of nitrogens with one attached hydrogen (secondary N) is 3. The van der Waals surface area contributed by atoms with E-state index in [-0.39, 0.29) is 18.2 Å². The van der Waals surface area contributed by atoms with Crippen LogP contribution in [0.1, 0.15) is 18.4 Å². The molecule has 0 aliphatic carbocycles. The van der Waals surface area contributed by atoms with Crippen molar-refractivity contribution < 1.29 is 14.3 Å². The highest BCUT2D eigenvalue weighted by molar-refractivity contribution is 5.96. The van der Waals surface area contributed by atoms with Crippen molar-refractivity contribution in [2.45, 2.75) is 19.3 Å². The van der Waals surface area contributed by atoms with Gasteiger partial charge in [0.05, 0.1) is 0 Å². The normalized spacial score (nSPS) is 10.7. The number of aromatic amines is 1. The highest BCUT2D eigenvalue weighted by Crippen LogP contribution is 2.17. The van der Waals surface area contributed by atoms with Crippen molar-refractivity contribution >= 4 is 22.7 Å². The SMILES string of the molecule is COCCCNC(=O)CC(=O)NCCc1c[nH]c2ccccc12. The van der Waals surface area contributed by atoms with Crippen molar-refractivity contribution in [2.75, 3.05) is 26.8 Å². The third kappa shape index (κ3) is 5.41. The molecule has 6 heteroatoms. The maximum absolute atomic E-state index is 11.7. The average molecular weight is 317 g/mol. The van der Waals surface area contributed by atoms with Gasteiger partial charge in [0.15, 0.2) is 0 Å². The highest BCUT2D eigenvalue weighted by Gasteiger charge is 2.09. The third-order valence-electron chi connectivity index (χ3n) is 3.56. The fourth-order valence-electron chi connectivity index (χ4n) is 2.39. The second-order valence-electron chi connectivity index (χ2n) is 5.33. The molecule has 0 unspecified atom stereocenters. The number of carbonyl (C=O) groups is 2. The first kappa shape index (κ1) is 17.0. The van der Waals surface area contributed by atoms with Crippen molar-refractivity contribution in [3.8, 4) is 0 Å². The van der Waals surface area contributed by atoms with Crippen LogP contribution in [0.15, 0.2) is 30.5 Å². The molecule has 0 aliphatic rings. The molecule has 0 saturated heterocycles. The topological polar surface area (TPSA) is 83.2 Å². The minimum Gasteiger partial charge on any atom is -0.385 e. The fourth-order valence-corrected chi connectivity index (χ4v) is 2.39. The summed E-state index contributed by atoms with van der Waals surface area (Å²) in [4.78, 5) is 26.5. The molecule has 1 heterocycles. The smallest absolute Gasteiger partial charge is 0.229 e. The van der Waals surface area contributed by atoms with E-state index in [9.17, 15) is 9.59 Å². The Balaban J connectivity index is 1.67. The van der Waals surface area contributed by atoms with E-state index in [4.69, 9.17) is 4.74 Å². The van der Waals surface area contributed by atoms with Gasteiger partial charge in [-0.1, -0.05) is 18.2 Å². The number of aromatic nitrogens is 1. The number of fused-ring (bicyclic) bond motifs is 1. The van der Waals surface area contributed by atoms with Crippen LogP contribution in [0.2, 0.25) is 0 Å². The molecule has 0 atom stereocenters. The molecule has 0 radical (unpaired) electrons. The van der Waals surface area contributed by atoms with Gasteiger partial charge < -0.3 is 20.4 Å². The summed E-state index contributed by atoms with van der Waals surface area (Å²) in [5.74, 6) is -0.514. The molecule has 23 heavy (non-hydrogen) atoms. The standard InChI is InChI=1S/C17H23N3O3/c1-23-10-4-8-18-16(21)11-17(22)19-9-7-13-12-20-15-6-3-2-5-14(13)15/h2-3,5-6,12,20H,4,7-11H2,1H3,(H,18,21)(H,19,22). The van der Waals surface area contributed by atoms with Crippen molar-refractivity contribution in [2.24, 2.45) is 0 Å². The number of para-hydroxylation sites is 1. The molecule has 0 bridgehead atoms. The predicted octanol–water partition coefficient (Wildman–Crippen LogP) is 1.37. The molecule has 0 spiro atoms. The molecule has 2 aromatic rings. The number of H-pyrrole nitrogens is 1. The van der Waals surface area contributed by atoms with Crippen LogP contribution in [0.3, 0.4) is 0 Å². The van der Waals surface area contributed by atoms with Crippen molar-refractivity contribution in [3.63, 3.8) is 0 Å². The Morgan fingerprint density at radius 1 is 1.13 bits per heavy atom. The van der Waals surface area contributed by atoms with Crippen LogP contribution < -0.4 is 10.6 Å². The first-order valence-corrected chi connectivity index (χ1v) is 7.78. The van der Waals surface area contributed by atoms with E-state index in [0.29, 0.717) is 19.7 Å². The summed E-state index contributed by atoms with van der Waals surface area (Å²) in [6.07, 6.45) is 3.29. The second kappa shape index (κ2) is 8.95. The number of methoxy groups -OCH3 is 1. The molecule has 0 saturated carbocycles. The lowest BCUT2D eigenvalue weighted by atomic mass is 10.1. The molecule has 6 nitrogen and oxygen atoms in total. The Morgan fingerprint density at radius 3 is 2.65 bits per heavy atom. The third-order valence-corrected chi connectivity index (χ3v) is 3.56. The summed E-state index contributed by atoms with van der Waals surface area (Å²) in [5.41, 5.74) is 2.24. The molecule has 1 aromatic heterocycles. The number of carbonyl (C=O) groups excluding carboxylic acids is 2. The lowest BCUT2D eigenvalue weighted by Gasteiger charge is -2.06. The fraction of sp³-hybridized carbons (Fsp3) is 0.412. The largest absolute Gasteiger partial charge is 0.385 e. The molecule has 2 amide bonds. The zero-order valence-electron chi connectivity index (χ0n) is 13.4. The highest BCUT2D eigenvalue weighted by atomic mass is 16.5. The minimum atomic E-state index is -0.259. The number of rotatable bonds is 9. The molecule has 0 fully saturated rings. The van der Waals surface area contributed by atoms with Gasteiger partial charge in [0, 0.05) is 43.9 Å². The maximum Gasteiger partial charge on any atom is 0.229 e. The summed E-state index contributed by atoms with van der Waals surface area (Å²) in [6.45, 7) is 1.63. The number of hydrogen-bond donors (Lipinski definition) is 3. The zero-order valence-corrected chi connectivity index (χ0v) is 13.4. The first-order valence-electron chi connectivity index (χ1n) is 7.78. The minimum absolute atomic E-state index is 0.138. The Hall–Kier alpha value is -2.34. The molecule has 124 valence electrons. The summed E-state index contributed by atoms with van der Waals surface area (Å²) < 4.78 is 4.89. The Labute approximate surface area is 135 Å². The van der Waals surface area contributed by atoms with Gasteiger partial charge in [-0.3, -0.25) is 9.59 Å². The van der Waals surface area contributed by atoms with E-state index in [1.807, 2.05) is 24.4 Å². The number of benzene rings is 1. The summed E-state index contributed by atoms with van der Waals surface area (Å²) in [6, 6.07) is 8.05. The van der Waals surface area contributed by atoms with Crippen molar-refractivity contribution in [1.29, 1.82) is 0 Å². The monoisotopic (exact) mass is 317 g/mol. The van der Waals surface area contributed by atoms with E-state index < -0.39 is 0 Å². The first-order chi connectivity index (χ1) is 11.2. The van der Waals surface area contributed by atoms with Gasteiger partial charge >= 0.3 is 0 Å². The van der Waals surface area contributed by atoms with Crippen LogP contribution in [0, 0.1) is 0 Å². The van der Waals surface area contributed by atoms with Crippen LogP contribution in [-0.2, 0) is 20.7 Å². The summed E-state index contributed by atoms with van der Waals surface area (Å²) >= 11 is 0. The van der Waals surface area contributed by atoms with Crippen molar-refractivity contribution in [1.82, 2.24) is 15.6 Å². The van der Waals surface area contributed by atoms with Gasteiger partial charge in [-0.05, 0) is 24.5 Å². The lowest BCUT2D eigenvalue weighted by Crippen LogP contribution is -2.33.